The van der Waals surface area contributed by atoms with Gasteiger partial charge in [0.25, 0.3) is 11.6 Å². The van der Waals surface area contributed by atoms with Crippen LogP contribution in [0.25, 0.3) is 0 Å². The van der Waals surface area contributed by atoms with Crippen LogP contribution in [0.5, 0.6) is 0 Å². The highest BCUT2D eigenvalue weighted by Crippen LogP contribution is 2.26. The summed E-state index contributed by atoms with van der Waals surface area (Å²) < 4.78 is 0. The van der Waals surface area contributed by atoms with E-state index in [0.29, 0.717) is 12.1 Å². The van der Waals surface area contributed by atoms with E-state index in [1.807, 2.05) is 91.0 Å². The molecule has 1 unspecified atom stereocenters. The third-order valence-electron chi connectivity index (χ3n) is 5.77. The number of carbonyl (C=O) groups is 2. The van der Waals surface area contributed by atoms with E-state index in [2.05, 4.69) is 5.32 Å². The number of amides is 2. The Morgan fingerprint density at radius 1 is 0.750 bits per heavy atom. The standard InChI is InChI=1S/C29H25N3O4/c33-28(30-20-22-10-4-1-5-11-22)27(24-14-8-3-9-15-24)31(21-23-12-6-2-7-13-23)29(34)25-16-18-26(19-17-25)32(35)36/h1-19,27H,20-21H2,(H,30,33). The zero-order valence-electron chi connectivity index (χ0n) is 19.5. The predicted molar refractivity (Wildman–Crippen MR) is 137 cm³/mol. The maximum Gasteiger partial charge on any atom is 0.269 e. The second-order valence-electron chi connectivity index (χ2n) is 8.24. The first-order valence-electron chi connectivity index (χ1n) is 11.5. The van der Waals surface area contributed by atoms with Gasteiger partial charge in [-0.2, -0.15) is 0 Å². The van der Waals surface area contributed by atoms with Crippen molar-refractivity contribution < 1.29 is 14.5 Å². The summed E-state index contributed by atoms with van der Waals surface area (Å²) in [6, 6.07) is 32.6. The molecule has 0 spiro atoms. The maximum absolute atomic E-state index is 13.8. The van der Waals surface area contributed by atoms with Gasteiger partial charge in [0.1, 0.15) is 6.04 Å². The molecular weight excluding hydrogens is 454 g/mol. The first-order chi connectivity index (χ1) is 17.5. The molecule has 36 heavy (non-hydrogen) atoms. The third-order valence-corrected chi connectivity index (χ3v) is 5.77. The van der Waals surface area contributed by atoms with Crippen LogP contribution in [0, 0.1) is 10.1 Å². The summed E-state index contributed by atoms with van der Waals surface area (Å²) in [6.07, 6.45) is 0. The number of rotatable bonds is 9. The second-order valence-corrected chi connectivity index (χ2v) is 8.24. The van der Waals surface area contributed by atoms with E-state index < -0.39 is 16.9 Å². The number of nitro benzene ring substituents is 1. The van der Waals surface area contributed by atoms with E-state index >= 15 is 0 Å². The topological polar surface area (TPSA) is 92.6 Å². The van der Waals surface area contributed by atoms with E-state index in [1.54, 1.807) is 0 Å². The highest BCUT2D eigenvalue weighted by molar-refractivity contribution is 5.98. The van der Waals surface area contributed by atoms with Crippen molar-refractivity contribution in [3.8, 4) is 0 Å². The molecule has 7 nitrogen and oxygen atoms in total. The van der Waals surface area contributed by atoms with Gasteiger partial charge >= 0.3 is 0 Å². The van der Waals surface area contributed by atoms with Crippen LogP contribution in [0.15, 0.2) is 115 Å². The van der Waals surface area contributed by atoms with Crippen LogP contribution in [0.4, 0.5) is 5.69 Å². The zero-order valence-corrected chi connectivity index (χ0v) is 19.5. The maximum atomic E-state index is 13.8. The predicted octanol–water partition coefficient (Wildman–Crippen LogP) is 5.29. The van der Waals surface area contributed by atoms with Gasteiger partial charge in [-0.3, -0.25) is 19.7 Å². The van der Waals surface area contributed by atoms with Crippen LogP contribution in [-0.4, -0.2) is 21.6 Å². The molecule has 4 aromatic carbocycles. The van der Waals surface area contributed by atoms with E-state index in [4.69, 9.17) is 0 Å². The van der Waals surface area contributed by atoms with Crippen LogP contribution in [0.2, 0.25) is 0 Å². The summed E-state index contributed by atoms with van der Waals surface area (Å²) in [7, 11) is 0. The SMILES string of the molecule is O=C(NCc1ccccc1)C(c1ccccc1)N(Cc1ccccc1)C(=O)c1ccc([N+](=O)[O-])cc1. The highest BCUT2D eigenvalue weighted by atomic mass is 16.6. The van der Waals surface area contributed by atoms with Crippen molar-refractivity contribution in [2.24, 2.45) is 0 Å². The van der Waals surface area contributed by atoms with Crippen molar-refractivity contribution in [2.45, 2.75) is 19.1 Å². The van der Waals surface area contributed by atoms with Crippen LogP contribution < -0.4 is 5.32 Å². The van der Waals surface area contributed by atoms with Gasteiger partial charge in [0.2, 0.25) is 5.91 Å². The Morgan fingerprint density at radius 2 is 1.28 bits per heavy atom. The van der Waals surface area contributed by atoms with Gasteiger partial charge < -0.3 is 10.2 Å². The Balaban J connectivity index is 1.71. The first-order valence-corrected chi connectivity index (χ1v) is 11.5. The van der Waals surface area contributed by atoms with Gasteiger partial charge in [-0.05, 0) is 28.8 Å². The van der Waals surface area contributed by atoms with Gasteiger partial charge in [-0.15, -0.1) is 0 Å². The van der Waals surface area contributed by atoms with Crippen LogP contribution in [0.3, 0.4) is 0 Å². The Morgan fingerprint density at radius 3 is 1.83 bits per heavy atom. The van der Waals surface area contributed by atoms with Crippen LogP contribution in [-0.2, 0) is 17.9 Å². The lowest BCUT2D eigenvalue weighted by atomic mass is 10.0. The van der Waals surface area contributed by atoms with E-state index in [-0.39, 0.29) is 23.7 Å². The largest absolute Gasteiger partial charge is 0.350 e. The molecule has 0 bridgehead atoms. The van der Waals surface area contributed by atoms with Crippen molar-refractivity contribution in [3.05, 3.63) is 148 Å². The minimum atomic E-state index is -0.919. The van der Waals surface area contributed by atoms with Gasteiger partial charge in [0.05, 0.1) is 4.92 Å². The second kappa shape index (κ2) is 11.6. The molecule has 0 heterocycles. The summed E-state index contributed by atoms with van der Waals surface area (Å²) >= 11 is 0. The number of nitrogens with one attached hydrogen (secondary N) is 1. The van der Waals surface area contributed by atoms with Gasteiger partial charge in [0, 0.05) is 30.8 Å². The van der Waals surface area contributed by atoms with Gasteiger partial charge in [-0.1, -0.05) is 91.0 Å². The lowest BCUT2D eigenvalue weighted by Gasteiger charge is -2.31. The van der Waals surface area contributed by atoms with Crippen molar-refractivity contribution in [2.75, 3.05) is 0 Å². The number of non-ortho nitro benzene ring substituents is 1. The molecule has 1 N–H and O–H groups in total. The fourth-order valence-corrected chi connectivity index (χ4v) is 3.94. The molecule has 0 aliphatic carbocycles. The molecule has 1 atom stereocenters. The zero-order chi connectivity index (χ0) is 25.3. The fraction of sp³-hybridized carbons (Fsp3) is 0.103. The molecular formula is C29H25N3O4. The molecule has 4 rings (SSSR count). The number of nitrogens with zero attached hydrogens (tertiary/aromatic N) is 2. The molecule has 0 aliphatic heterocycles. The summed E-state index contributed by atoms with van der Waals surface area (Å²) in [4.78, 5) is 39.5. The van der Waals surface area contributed by atoms with Crippen molar-refractivity contribution in [3.63, 3.8) is 0 Å². The third kappa shape index (κ3) is 6.01. The molecule has 0 fully saturated rings. The smallest absolute Gasteiger partial charge is 0.269 e. The number of hydrogen-bond donors (Lipinski definition) is 1. The first kappa shape index (κ1) is 24.3. The van der Waals surface area contributed by atoms with Gasteiger partial charge in [0.15, 0.2) is 0 Å². The summed E-state index contributed by atoms with van der Waals surface area (Å²) in [5.41, 5.74) is 2.60. The Kier molecular flexibility index (Phi) is 7.83. The van der Waals surface area contributed by atoms with E-state index in [9.17, 15) is 19.7 Å². The van der Waals surface area contributed by atoms with Crippen molar-refractivity contribution in [1.29, 1.82) is 0 Å². The molecule has 7 heteroatoms. The fourth-order valence-electron chi connectivity index (χ4n) is 3.94. The monoisotopic (exact) mass is 479 g/mol. The average molecular weight is 480 g/mol. The molecule has 0 saturated heterocycles. The molecule has 180 valence electrons. The lowest BCUT2D eigenvalue weighted by molar-refractivity contribution is -0.384. The van der Waals surface area contributed by atoms with Crippen molar-refractivity contribution >= 4 is 17.5 Å². The van der Waals surface area contributed by atoms with Crippen molar-refractivity contribution in [1.82, 2.24) is 10.2 Å². The normalized spacial score (nSPS) is 11.3. The molecule has 4 aromatic rings. The quantitative estimate of drug-likeness (QED) is 0.261. The molecule has 0 radical (unpaired) electrons. The van der Waals surface area contributed by atoms with Crippen LogP contribution >= 0.6 is 0 Å². The summed E-state index contributed by atoms with van der Waals surface area (Å²) in [5.74, 6) is -0.728. The van der Waals surface area contributed by atoms with E-state index in [0.717, 1.165) is 11.1 Å². The molecule has 0 aliphatic rings. The lowest BCUT2D eigenvalue weighted by Crippen LogP contribution is -2.43. The number of carbonyl (C=O) groups excluding carboxylic acids is 2. The summed E-state index contributed by atoms with van der Waals surface area (Å²) in [6.45, 7) is 0.489. The average Bonchev–Trinajstić information content (AvgIpc) is 2.93. The number of hydrogen-bond acceptors (Lipinski definition) is 4. The Hall–Kier alpha value is -4.78. The number of benzene rings is 4. The van der Waals surface area contributed by atoms with Crippen LogP contribution in [0.1, 0.15) is 33.1 Å². The Labute approximate surface area is 209 Å². The molecule has 2 amide bonds. The minimum absolute atomic E-state index is 0.110. The van der Waals surface area contributed by atoms with Gasteiger partial charge in [-0.25, -0.2) is 0 Å². The molecule has 0 saturated carbocycles. The molecule has 0 aromatic heterocycles. The summed E-state index contributed by atoms with van der Waals surface area (Å²) in [5, 5.41) is 14.1. The van der Waals surface area contributed by atoms with E-state index in [1.165, 1.54) is 29.2 Å². The Bertz CT molecular complexity index is 1310. The number of nitro groups is 1. The minimum Gasteiger partial charge on any atom is -0.350 e. The highest BCUT2D eigenvalue weighted by Gasteiger charge is 2.32.